The molecule has 1 nitrogen and oxygen atoms in total. The molecule has 0 amide bonds. The van der Waals surface area contributed by atoms with Crippen molar-refractivity contribution in [1.82, 2.24) is 5.32 Å². The monoisotopic (exact) mass is 111 g/mol. The third kappa shape index (κ3) is 3.62. The second-order valence-corrected chi connectivity index (χ2v) is 1.69. The first-order chi connectivity index (χ1) is 3.81. The minimum Gasteiger partial charge on any atom is -0.316 e. The van der Waals surface area contributed by atoms with Crippen LogP contribution in [0, 0.1) is 0 Å². The van der Waals surface area contributed by atoms with Crippen molar-refractivity contribution in [1.29, 1.82) is 0 Å². The van der Waals surface area contributed by atoms with Crippen LogP contribution in [0.2, 0.25) is 0 Å². The number of hydrogen-bond acceptors (Lipinski definition) is 1. The van der Waals surface area contributed by atoms with Gasteiger partial charge in [-0.05, 0) is 19.5 Å². The molecule has 0 fully saturated rings. The van der Waals surface area contributed by atoms with Gasteiger partial charge in [-0.15, -0.1) is 0 Å². The standard InChI is InChI=1S/C7H13N/c1-4-5-7(2)6-8-3/h4-5,8H,2,6H2,1,3H3/b5-4-. The van der Waals surface area contributed by atoms with Crippen LogP contribution in [0.15, 0.2) is 24.3 Å². The highest BCUT2D eigenvalue weighted by atomic mass is 14.8. The van der Waals surface area contributed by atoms with Crippen molar-refractivity contribution >= 4 is 0 Å². The maximum absolute atomic E-state index is 3.78. The molecule has 0 saturated carbocycles. The van der Waals surface area contributed by atoms with Gasteiger partial charge in [0.2, 0.25) is 0 Å². The van der Waals surface area contributed by atoms with Gasteiger partial charge in [0.25, 0.3) is 0 Å². The normalized spacial score (nSPS) is 10.2. The summed E-state index contributed by atoms with van der Waals surface area (Å²) in [5.41, 5.74) is 1.12. The van der Waals surface area contributed by atoms with Crippen molar-refractivity contribution in [3.63, 3.8) is 0 Å². The molecule has 0 bridgehead atoms. The molecule has 0 aliphatic carbocycles. The molecule has 0 aliphatic heterocycles. The van der Waals surface area contributed by atoms with E-state index in [-0.39, 0.29) is 0 Å². The Morgan fingerprint density at radius 1 is 1.75 bits per heavy atom. The van der Waals surface area contributed by atoms with E-state index in [0.29, 0.717) is 0 Å². The molecule has 1 N–H and O–H groups in total. The molecular formula is C7H13N. The molecule has 0 atom stereocenters. The van der Waals surface area contributed by atoms with Crippen molar-refractivity contribution in [3.05, 3.63) is 24.3 Å². The van der Waals surface area contributed by atoms with Crippen LogP contribution in [0.5, 0.6) is 0 Å². The maximum atomic E-state index is 3.78. The molecule has 0 radical (unpaired) electrons. The van der Waals surface area contributed by atoms with Gasteiger partial charge in [0.15, 0.2) is 0 Å². The highest BCUT2D eigenvalue weighted by Gasteiger charge is 1.79. The van der Waals surface area contributed by atoms with E-state index in [1.807, 2.05) is 26.1 Å². The molecule has 0 saturated heterocycles. The average molecular weight is 111 g/mol. The molecule has 8 heavy (non-hydrogen) atoms. The molecule has 1 heteroatoms. The van der Waals surface area contributed by atoms with E-state index < -0.39 is 0 Å². The zero-order valence-electron chi connectivity index (χ0n) is 5.57. The highest BCUT2D eigenvalue weighted by Crippen LogP contribution is 1.87. The lowest BCUT2D eigenvalue weighted by molar-refractivity contribution is 0.898. The van der Waals surface area contributed by atoms with Crippen LogP contribution in [-0.4, -0.2) is 13.6 Å². The van der Waals surface area contributed by atoms with Gasteiger partial charge in [0.1, 0.15) is 0 Å². The maximum Gasteiger partial charge on any atom is 0.0196 e. The second-order valence-electron chi connectivity index (χ2n) is 1.69. The summed E-state index contributed by atoms with van der Waals surface area (Å²) in [6.07, 6.45) is 3.98. The van der Waals surface area contributed by atoms with Crippen molar-refractivity contribution in [2.24, 2.45) is 0 Å². The Balaban J connectivity index is 3.33. The first-order valence-electron chi connectivity index (χ1n) is 2.76. The largest absolute Gasteiger partial charge is 0.316 e. The van der Waals surface area contributed by atoms with E-state index in [1.165, 1.54) is 0 Å². The van der Waals surface area contributed by atoms with Crippen LogP contribution >= 0.6 is 0 Å². The van der Waals surface area contributed by atoms with Gasteiger partial charge in [-0.2, -0.15) is 0 Å². The second kappa shape index (κ2) is 4.60. The van der Waals surface area contributed by atoms with E-state index in [4.69, 9.17) is 0 Å². The Bertz CT molecular complexity index is 92.6. The first kappa shape index (κ1) is 7.44. The van der Waals surface area contributed by atoms with Crippen LogP contribution in [0.25, 0.3) is 0 Å². The van der Waals surface area contributed by atoms with Crippen molar-refractivity contribution in [2.75, 3.05) is 13.6 Å². The summed E-state index contributed by atoms with van der Waals surface area (Å²) in [7, 11) is 1.91. The molecule has 0 spiro atoms. The summed E-state index contributed by atoms with van der Waals surface area (Å²) in [4.78, 5) is 0. The van der Waals surface area contributed by atoms with Gasteiger partial charge < -0.3 is 5.32 Å². The van der Waals surface area contributed by atoms with Crippen LogP contribution in [0.4, 0.5) is 0 Å². The minimum atomic E-state index is 0.879. The molecule has 0 aromatic carbocycles. The van der Waals surface area contributed by atoms with E-state index in [9.17, 15) is 0 Å². The summed E-state index contributed by atoms with van der Waals surface area (Å²) < 4.78 is 0. The molecule has 0 aliphatic rings. The minimum absolute atomic E-state index is 0.879. The van der Waals surface area contributed by atoms with Crippen LogP contribution in [0.1, 0.15) is 6.92 Å². The molecule has 0 heterocycles. The number of nitrogens with one attached hydrogen (secondary N) is 1. The van der Waals surface area contributed by atoms with E-state index >= 15 is 0 Å². The molecule has 0 aromatic rings. The lowest BCUT2D eigenvalue weighted by Gasteiger charge is -1.94. The number of hydrogen-bond donors (Lipinski definition) is 1. The van der Waals surface area contributed by atoms with Gasteiger partial charge in [-0.1, -0.05) is 18.7 Å². The summed E-state index contributed by atoms with van der Waals surface area (Å²) in [5, 5.41) is 3.00. The smallest absolute Gasteiger partial charge is 0.0196 e. The van der Waals surface area contributed by atoms with Crippen molar-refractivity contribution in [3.8, 4) is 0 Å². The Morgan fingerprint density at radius 2 is 2.38 bits per heavy atom. The molecule has 0 aromatic heterocycles. The Hall–Kier alpha value is -0.560. The lowest BCUT2D eigenvalue weighted by atomic mass is 10.3. The topological polar surface area (TPSA) is 12.0 Å². The highest BCUT2D eigenvalue weighted by molar-refractivity contribution is 5.14. The van der Waals surface area contributed by atoms with Crippen molar-refractivity contribution < 1.29 is 0 Å². The molecular weight excluding hydrogens is 98.1 g/mol. The summed E-state index contributed by atoms with van der Waals surface area (Å²) in [6, 6.07) is 0. The summed E-state index contributed by atoms with van der Waals surface area (Å²) >= 11 is 0. The number of allylic oxidation sites excluding steroid dienone is 1. The Kier molecular flexibility index (Phi) is 4.27. The predicted molar refractivity (Wildman–Crippen MR) is 37.9 cm³/mol. The number of likely N-dealkylation sites (N-methyl/N-ethyl adjacent to an activating group) is 1. The predicted octanol–water partition coefficient (Wildman–Crippen LogP) is 1.34. The molecule has 0 rings (SSSR count). The fourth-order valence-electron chi connectivity index (χ4n) is 0.522. The van der Waals surface area contributed by atoms with Crippen LogP contribution in [0.3, 0.4) is 0 Å². The summed E-state index contributed by atoms with van der Waals surface area (Å²) in [6.45, 7) is 6.65. The molecule has 46 valence electrons. The van der Waals surface area contributed by atoms with Gasteiger partial charge in [0.05, 0.1) is 0 Å². The van der Waals surface area contributed by atoms with E-state index in [0.717, 1.165) is 12.1 Å². The quantitative estimate of drug-likeness (QED) is 0.542. The zero-order valence-corrected chi connectivity index (χ0v) is 5.57. The summed E-state index contributed by atoms with van der Waals surface area (Å²) in [5.74, 6) is 0. The average Bonchev–Trinajstić information content (AvgIpc) is 1.68. The Morgan fingerprint density at radius 3 is 2.75 bits per heavy atom. The molecule has 0 unspecified atom stereocenters. The fourth-order valence-corrected chi connectivity index (χ4v) is 0.522. The zero-order chi connectivity index (χ0) is 6.41. The van der Waals surface area contributed by atoms with E-state index in [1.54, 1.807) is 0 Å². The third-order valence-electron chi connectivity index (χ3n) is 0.806. The fraction of sp³-hybridized carbons (Fsp3) is 0.429. The Labute approximate surface area is 51.1 Å². The van der Waals surface area contributed by atoms with E-state index in [2.05, 4.69) is 11.9 Å². The van der Waals surface area contributed by atoms with Gasteiger partial charge in [-0.3, -0.25) is 0 Å². The van der Waals surface area contributed by atoms with Crippen LogP contribution < -0.4 is 5.32 Å². The van der Waals surface area contributed by atoms with Gasteiger partial charge in [0, 0.05) is 6.54 Å². The van der Waals surface area contributed by atoms with Crippen LogP contribution in [-0.2, 0) is 0 Å². The van der Waals surface area contributed by atoms with Gasteiger partial charge >= 0.3 is 0 Å². The van der Waals surface area contributed by atoms with Gasteiger partial charge in [-0.25, -0.2) is 0 Å². The SMILES string of the molecule is C=C(/C=C\C)CNC. The van der Waals surface area contributed by atoms with Crippen molar-refractivity contribution in [2.45, 2.75) is 6.92 Å². The third-order valence-corrected chi connectivity index (χ3v) is 0.806. The number of rotatable bonds is 3. The first-order valence-corrected chi connectivity index (χ1v) is 2.76. The lowest BCUT2D eigenvalue weighted by Crippen LogP contribution is -2.07.